The van der Waals surface area contributed by atoms with E-state index in [1.54, 1.807) is 18.9 Å². The molecule has 2 N–H and O–H groups in total. The first-order chi connectivity index (χ1) is 8.54. The maximum atomic E-state index is 11.8. The first kappa shape index (κ1) is 14.9. The number of nitrogens with zero attached hydrogens (tertiary/aromatic N) is 1. The smallest absolute Gasteiger partial charge is 0.244 e. The molecule has 1 rings (SSSR count). The van der Waals surface area contributed by atoms with Crippen molar-refractivity contribution in [1.82, 2.24) is 15.5 Å². The van der Waals surface area contributed by atoms with Gasteiger partial charge in [0.25, 0.3) is 0 Å². The number of amides is 2. The summed E-state index contributed by atoms with van der Waals surface area (Å²) in [5.41, 5.74) is 0. The van der Waals surface area contributed by atoms with Crippen molar-refractivity contribution in [2.45, 2.75) is 32.4 Å². The van der Waals surface area contributed by atoms with E-state index in [0.717, 1.165) is 6.54 Å². The monoisotopic (exact) mass is 257 g/mol. The van der Waals surface area contributed by atoms with Crippen molar-refractivity contribution < 1.29 is 14.3 Å². The Kier molecular flexibility index (Phi) is 6.07. The first-order valence-electron chi connectivity index (χ1n) is 6.40. The van der Waals surface area contributed by atoms with Gasteiger partial charge in [-0.3, -0.25) is 9.59 Å². The Balaban J connectivity index is 2.32. The molecule has 0 saturated carbocycles. The highest BCUT2D eigenvalue weighted by Crippen LogP contribution is 1.99. The normalized spacial score (nSPS) is 21.2. The number of rotatable bonds is 5. The van der Waals surface area contributed by atoms with Gasteiger partial charge in [-0.05, 0) is 13.8 Å². The van der Waals surface area contributed by atoms with Crippen molar-refractivity contribution in [2.24, 2.45) is 0 Å². The molecule has 104 valence electrons. The predicted octanol–water partition coefficient (Wildman–Crippen LogP) is -0.652. The standard InChI is InChI=1S/C12H23N3O3/c1-4-15(3)12(17)9(2)14-11(16)7-10-8-18-6-5-13-10/h9-10,13H,4-8H2,1-3H3,(H,14,16). The molecular formula is C12H23N3O3. The molecule has 6 heteroatoms. The number of nitrogens with one attached hydrogen (secondary N) is 2. The van der Waals surface area contributed by atoms with Crippen LogP contribution in [0.3, 0.4) is 0 Å². The molecule has 0 aromatic carbocycles. The zero-order valence-electron chi connectivity index (χ0n) is 11.4. The van der Waals surface area contributed by atoms with E-state index in [1.165, 1.54) is 0 Å². The highest BCUT2D eigenvalue weighted by Gasteiger charge is 2.21. The minimum Gasteiger partial charge on any atom is -0.378 e. The van der Waals surface area contributed by atoms with Crippen LogP contribution in [0.1, 0.15) is 20.3 Å². The van der Waals surface area contributed by atoms with Gasteiger partial charge in [-0.1, -0.05) is 0 Å². The third kappa shape index (κ3) is 4.62. The zero-order chi connectivity index (χ0) is 13.5. The molecule has 0 bridgehead atoms. The van der Waals surface area contributed by atoms with Crippen LogP contribution in [0.15, 0.2) is 0 Å². The molecule has 2 unspecified atom stereocenters. The minimum absolute atomic E-state index is 0.0463. The SMILES string of the molecule is CCN(C)C(=O)C(C)NC(=O)CC1COCCN1. The Morgan fingerprint density at radius 3 is 2.83 bits per heavy atom. The average Bonchev–Trinajstić information content (AvgIpc) is 2.37. The second kappa shape index (κ2) is 7.33. The summed E-state index contributed by atoms with van der Waals surface area (Å²) >= 11 is 0. The van der Waals surface area contributed by atoms with Crippen molar-refractivity contribution in [3.05, 3.63) is 0 Å². The van der Waals surface area contributed by atoms with Gasteiger partial charge in [0.1, 0.15) is 6.04 Å². The second-order valence-electron chi connectivity index (χ2n) is 4.57. The summed E-state index contributed by atoms with van der Waals surface area (Å²) in [6.45, 7) is 6.24. The van der Waals surface area contributed by atoms with Gasteiger partial charge >= 0.3 is 0 Å². The van der Waals surface area contributed by atoms with E-state index < -0.39 is 6.04 Å². The van der Waals surface area contributed by atoms with Gasteiger partial charge in [-0.15, -0.1) is 0 Å². The summed E-state index contributed by atoms with van der Waals surface area (Å²) in [5, 5.41) is 5.92. The molecule has 6 nitrogen and oxygen atoms in total. The van der Waals surface area contributed by atoms with E-state index in [0.29, 0.717) is 26.2 Å². The molecule has 0 aliphatic carbocycles. The number of hydrogen-bond acceptors (Lipinski definition) is 4. The van der Waals surface area contributed by atoms with E-state index in [-0.39, 0.29) is 17.9 Å². The summed E-state index contributed by atoms with van der Waals surface area (Å²) in [6.07, 6.45) is 0.341. The summed E-state index contributed by atoms with van der Waals surface area (Å²) in [5.74, 6) is -0.193. The molecule has 1 fully saturated rings. The Morgan fingerprint density at radius 1 is 1.56 bits per heavy atom. The third-order valence-corrected chi connectivity index (χ3v) is 3.03. The van der Waals surface area contributed by atoms with E-state index in [1.807, 2.05) is 6.92 Å². The van der Waals surface area contributed by atoms with Crippen molar-refractivity contribution >= 4 is 11.8 Å². The van der Waals surface area contributed by atoms with Crippen LogP contribution >= 0.6 is 0 Å². The number of likely N-dealkylation sites (N-methyl/N-ethyl adjacent to an activating group) is 1. The fourth-order valence-corrected chi connectivity index (χ4v) is 1.82. The molecule has 0 aromatic heterocycles. The predicted molar refractivity (Wildman–Crippen MR) is 68.1 cm³/mol. The topological polar surface area (TPSA) is 70.7 Å². The van der Waals surface area contributed by atoms with Gasteiger partial charge in [0.2, 0.25) is 11.8 Å². The molecule has 0 aromatic rings. The quantitative estimate of drug-likeness (QED) is 0.686. The van der Waals surface area contributed by atoms with Crippen LogP contribution in [0.2, 0.25) is 0 Å². The van der Waals surface area contributed by atoms with Gasteiger partial charge in [0, 0.05) is 32.6 Å². The van der Waals surface area contributed by atoms with Crippen LogP contribution in [-0.4, -0.2) is 62.1 Å². The van der Waals surface area contributed by atoms with Crippen LogP contribution in [-0.2, 0) is 14.3 Å². The van der Waals surface area contributed by atoms with Crippen molar-refractivity contribution in [3.8, 4) is 0 Å². The van der Waals surface area contributed by atoms with Gasteiger partial charge in [0.05, 0.1) is 13.2 Å². The lowest BCUT2D eigenvalue weighted by Gasteiger charge is -2.25. The Morgan fingerprint density at radius 2 is 2.28 bits per heavy atom. The lowest BCUT2D eigenvalue weighted by atomic mass is 10.1. The highest BCUT2D eigenvalue weighted by molar-refractivity contribution is 5.87. The van der Waals surface area contributed by atoms with E-state index in [2.05, 4.69) is 10.6 Å². The molecule has 0 radical (unpaired) electrons. The Bertz CT molecular complexity index is 290. The molecule has 2 atom stereocenters. The molecule has 1 heterocycles. The molecule has 1 aliphatic rings. The molecule has 1 saturated heterocycles. The third-order valence-electron chi connectivity index (χ3n) is 3.03. The van der Waals surface area contributed by atoms with Gasteiger partial charge in [0.15, 0.2) is 0 Å². The van der Waals surface area contributed by atoms with Gasteiger partial charge in [-0.2, -0.15) is 0 Å². The van der Waals surface area contributed by atoms with Crippen LogP contribution in [0.4, 0.5) is 0 Å². The summed E-state index contributed by atoms with van der Waals surface area (Å²) in [6, 6.07) is -0.433. The van der Waals surface area contributed by atoms with Crippen LogP contribution in [0.25, 0.3) is 0 Å². The molecule has 1 aliphatic heterocycles. The van der Waals surface area contributed by atoms with Crippen LogP contribution in [0, 0.1) is 0 Å². The largest absolute Gasteiger partial charge is 0.378 e. The van der Waals surface area contributed by atoms with Gasteiger partial charge in [-0.25, -0.2) is 0 Å². The highest BCUT2D eigenvalue weighted by atomic mass is 16.5. The first-order valence-corrected chi connectivity index (χ1v) is 6.40. The van der Waals surface area contributed by atoms with E-state index in [9.17, 15) is 9.59 Å². The summed E-state index contributed by atoms with van der Waals surface area (Å²) in [4.78, 5) is 25.1. The van der Waals surface area contributed by atoms with Crippen LogP contribution in [0.5, 0.6) is 0 Å². The molecular weight excluding hydrogens is 234 g/mol. The lowest BCUT2D eigenvalue weighted by Crippen LogP contribution is -2.49. The zero-order valence-corrected chi connectivity index (χ0v) is 11.4. The fraction of sp³-hybridized carbons (Fsp3) is 0.833. The average molecular weight is 257 g/mol. The number of carbonyl (C=O) groups is 2. The molecule has 18 heavy (non-hydrogen) atoms. The van der Waals surface area contributed by atoms with E-state index in [4.69, 9.17) is 4.74 Å². The van der Waals surface area contributed by atoms with E-state index >= 15 is 0 Å². The molecule has 0 spiro atoms. The molecule has 2 amide bonds. The van der Waals surface area contributed by atoms with Gasteiger partial charge < -0.3 is 20.3 Å². The minimum atomic E-state index is -0.480. The lowest BCUT2D eigenvalue weighted by molar-refractivity contribution is -0.135. The number of carbonyl (C=O) groups excluding carboxylic acids is 2. The maximum Gasteiger partial charge on any atom is 0.244 e. The van der Waals surface area contributed by atoms with Crippen molar-refractivity contribution in [1.29, 1.82) is 0 Å². The second-order valence-corrected chi connectivity index (χ2v) is 4.57. The number of hydrogen-bond donors (Lipinski definition) is 2. The number of ether oxygens (including phenoxy) is 1. The number of morpholine rings is 1. The van der Waals surface area contributed by atoms with Crippen LogP contribution < -0.4 is 10.6 Å². The Hall–Kier alpha value is -1.14. The van der Waals surface area contributed by atoms with Crippen molar-refractivity contribution in [3.63, 3.8) is 0 Å². The maximum absolute atomic E-state index is 11.8. The Labute approximate surface area is 108 Å². The summed E-state index contributed by atoms with van der Waals surface area (Å²) in [7, 11) is 1.72. The fourth-order valence-electron chi connectivity index (χ4n) is 1.82. The van der Waals surface area contributed by atoms with Crippen molar-refractivity contribution in [2.75, 3.05) is 33.4 Å². The summed E-state index contributed by atoms with van der Waals surface area (Å²) < 4.78 is 5.27.